The highest BCUT2D eigenvalue weighted by atomic mass is 32.1. The number of aryl methyl sites for hydroxylation is 1. The largest absolute Gasteiger partial charge is 0.388 e. The summed E-state index contributed by atoms with van der Waals surface area (Å²) in [4.78, 5) is 0. The van der Waals surface area contributed by atoms with Gasteiger partial charge in [-0.2, -0.15) is 0 Å². The fourth-order valence-electron chi connectivity index (χ4n) is 3.99. The van der Waals surface area contributed by atoms with Crippen LogP contribution in [0.5, 0.6) is 0 Å². The van der Waals surface area contributed by atoms with Crippen molar-refractivity contribution in [2.45, 2.75) is 79.1 Å². The van der Waals surface area contributed by atoms with Crippen LogP contribution in [0.2, 0.25) is 0 Å². The smallest absolute Gasteiger partial charge is 0.114 e. The Morgan fingerprint density at radius 1 is 1.19 bits per heavy atom. The molecule has 0 bridgehead atoms. The SMILES string of the molecule is CC.CC.CCCC1CC(n2ccc3cc(C)ccc3c2=S)C(O)C1OC. The van der Waals surface area contributed by atoms with E-state index < -0.39 is 6.10 Å². The van der Waals surface area contributed by atoms with E-state index in [1.165, 1.54) is 5.56 Å². The molecule has 4 heteroatoms. The summed E-state index contributed by atoms with van der Waals surface area (Å²) in [6.07, 6.45) is 4.51. The quantitative estimate of drug-likeness (QED) is 0.607. The summed E-state index contributed by atoms with van der Waals surface area (Å²) >= 11 is 5.72. The number of aliphatic hydroxyl groups is 1. The van der Waals surface area contributed by atoms with Crippen molar-refractivity contribution in [1.29, 1.82) is 0 Å². The third kappa shape index (κ3) is 5.18. The van der Waals surface area contributed by atoms with Crippen molar-refractivity contribution in [3.63, 3.8) is 0 Å². The highest BCUT2D eigenvalue weighted by molar-refractivity contribution is 7.71. The first-order valence-electron chi connectivity index (χ1n) is 10.4. The van der Waals surface area contributed by atoms with Crippen LogP contribution in [0.15, 0.2) is 30.5 Å². The fraction of sp³-hybridized carbons (Fsp3) is 0.609. The zero-order valence-electron chi connectivity index (χ0n) is 18.0. The van der Waals surface area contributed by atoms with Crippen LogP contribution in [0, 0.1) is 17.5 Å². The van der Waals surface area contributed by atoms with Gasteiger partial charge in [-0.3, -0.25) is 0 Å². The normalized spacial score (nSPS) is 24.0. The number of benzene rings is 1. The van der Waals surface area contributed by atoms with Crippen molar-refractivity contribution in [3.05, 3.63) is 40.7 Å². The summed E-state index contributed by atoms with van der Waals surface area (Å²) in [6, 6.07) is 8.42. The molecule has 1 aliphatic carbocycles. The first-order chi connectivity index (χ1) is 13.1. The van der Waals surface area contributed by atoms with Gasteiger partial charge in [-0.15, -0.1) is 0 Å². The summed E-state index contributed by atoms with van der Waals surface area (Å²) in [7, 11) is 1.70. The van der Waals surface area contributed by atoms with E-state index in [0.717, 1.165) is 34.7 Å². The van der Waals surface area contributed by atoms with E-state index in [-0.39, 0.29) is 12.1 Å². The molecule has 152 valence electrons. The summed E-state index contributed by atoms with van der Waals surface area (Å²) in [5, 5.41) is 13.0. The van der Waals surface area contributed by atoms with E-state index in [9.17, 15) is 5.11 Å². The van der Waals surface area contributed by atoms with Gasteiger partial charge in [-0.05, 0) is 37.1 Å². The van der Waals surface area contributed by atoms with Crippen LogP contribution in [-0.2, 0) is 4.74 Å². The molecule has 1 aliphatic rings. The van der Waals surface area contributed by atoms with E-state index in [0.29, 0.717) is 5.92 Å². The van der Waals surface area contributed by atoms with Crippen LogP contribution in [0.4, 0.5) is 0 Å². The Bertz CT molecular complexity index is 756. The van der Waals surface area contributed by atoms with Gasteiger partial charge in [0.15, 0.2) is 0 Å². The highest BCUT2D eigenvalue weighted by Gasteiger charge is 2.43. The fourth-order valence-corrected chi connectivity index (χ4v) is 4.37. The maximum atomic E-state index is 10.7. The van der Waals surface area contributed by atoms with E-state index in [1.54, 1.807) is 7.11 Å². The minimum atomic E-state index is -0.508. The Kier molecular flexibility index (Phi) is 10.2. The van der Waals surface area contributed by atoms with E-state index in [4.69, 9.17) is 17.0 Å². The van der Waals surface area contributed by atoms with Gasteiger partial charge in [0.05, 0.1) is 12.1 Å². The summed E-state index contributed by atoms with van der Waals surface area (Å²) < 4.78 is 8.46. The Balaban J connectivity index is 0.000000855. The van der Waals surface area contributed by atoms with Gasteiger partial charge in [0.25, 0.3) is 0 Å². The monoisotopic (exact) mass is 391 g/mol. The lowest BCUT2D eigenvalue weighted by Crippen LogP contribution is -2.31. The molecule has 0 spiro atoms. The van der Waals surface area contributed by atoms with Gasteiger partial charge in [-0.25, -0.2) is 0 Å². The molecule has 0 saturated heterocycles. The van der Waals surface area contributed by atoms with E-state index in [2.05, 4.69) is 42.7 Å². The third-order valence-electron chi connectivity index (χ3n) is 5.12. The topological polar surface area (TPSA) is 34.4 Å². The van der Waals surface area contributed by atoms with Gasteiger partial charge in [0, 0.05) is 18.7 Å². The molecule has 1 N–H and O–H groups in total. The number of rotatable bonds is 4. The van der Waals surface area contributed by atoms with E-state index >= 15 is 0 Å². The summed E-state index contributed by atoms with van der Waals surface area (Å²) in [6.45, 7) is 12.3. The Labute approximate surface area is 170 Å². The van der Waals surface area contributed by atoms with Crippen molar-refractivity contribution >= 4 is 23.0 Å². The van der Waals surface area contributed by atoms with Gasteiger partial charge >= 0.3 is 0 Å². The molecule has 1 aromatic carbocycles. The maximum Gasteiger partial charge on any atom is 0.114 e. The number of fused-ring (bicyclic) bond motifs is 1. The van der Waals surface area contributed by atoms with Crippen LogP contribution < -0.4 is 0 Å². The Hall–Kier alpha value is -1.23. The van der Waals surface area contributed by atoms with Gasteiger partial charge in [0.2, 0.25) is 0 Å². The first kappa shape index (κ1) is 23.8. The molecule has 4 atom stereocenters. The number of nitrogens with zero attached hydrogens (tertiary/aromatic N) is 1. The van der Waals surface area contributed by atoms with E-state index in [1.807, 2.05) is 33.9 Å². The second-order valence-electron chi connectivity index (χ2n) is 6.66. The van der Waals surface area contributed by atoms with Crippen molar-refractivity contribution in [3.8, 4) is 0 Å². The predicted molar refractivity (Wildman–Crippen MR) is 119 cm³/mol. The number of methoxy groups -OCH3 is 1. The average Bonchev–Trinajstić information content (AvgIpc) is 3.00. The molecule has 1 heterocycles. The molecule has 1 fully saturated rings. The Morgan fingerprint density at radius 2 is 1.85 bits per heavy atom. The molecule has 3 rings (SSSR count). The van der Waals surface area contributed by atoms with Crippen molar-refractivity contribution in [2.75, 3.05) is 7.11 Å². The van der Waals surface area contributed by atoms with Crippen LogP contribution in [0.3, 0.4) is 0 Å². The van der Waals surface area contributed by atoms with Crippen molar-refractivity contribution in [1.82, 2.24) is 4.57 Å². The lowest BCUT2D eigenvalue weighted by Gasteiger charge is -2.22. The molecule has 0 aliphatic heterocycles. The van der Waals surface area contributed by atoms with Crippen molar-refractivity contribution in [2.24, 2.45) is 5.92 Å². The molecular formula is C23H37NO2S. The zero-order chi connectivity index (χ0) is 20.6. The molecule has 0 amide bonds. The van der Waals surface area contributed by atoms with Crippen LogP contribution >= 0.6 is 12.2 Å². The zero-order valence-corrected chi connectivity index (χ0v) is 18.8. The van der Waals surface area contributed by atoms with Crippen LogP contribution in [0.25, 0.3) is 10.8 Å². The highest BCUT2D eigenvalue weighted by Crippen LogP contribution is 2.40. The number of hydrogen-bond acceptors (Lipinski definition) is 3. The number of pyridine rings is 1. The van der Waals surface area contributed by atoms with Gasteiger partial charge in [0.1, 0.15) is 10.7 Å². The molecule has 4 unspecified atom stereocenters. The number of aromatic nitrogens is 1. The van der Waals surface area contributed by atoms with Crippen LogP contribution in [0.1, 0.15) is 65.5 Å². The Morgan fingerprint density at radius 3 is 2.44 bits per heavy atom. The molecule has 1 aromatic heterocycles. The first-order valence-corrected chi connectivity index (χ1v) is 10.8. The molecule has 2 aromatic rings. The molecule has 27 heavy (non-hydrogen) atoms. The number of hydrogen-bond donors (Lipinski definition) is 1. The second-order valence-corrected chi connectivity index (χ2v) is 7.05. The molecule has 1 saturated carbocycles. The summed E-state index contributed by atoms with van der Waals surface area (Å²) in [5.74, 6) is 0.389. The maximum absolute atomic E-state index is 10.7. The third-order valence-corrected chi connectivity index (χ3v) is 5.55. The van der Waals surface area contributed by atoms with Crippen LogP contribution in [-0.4, -0.2) is 29.0 Å². The molecule has 0 radical (unpaired) electrons. The number of aliphatic hydroxyl groups excluding tert-OH is 1. The summed E-state index contributed by atoms with van der Waals surface area (Å²) in [5.41, 5.74) is 1.23. The minimum Gasteiger partial charge on any atom is -0.388 e. The lowest BCUT2D eigenvalue weighted by molar-refractivity contribution is -0.0250. The molecular weight excluding hydrogens is 354 g/mol. The predicted octanol–water partition coefficient (Wildman–Crippen LogP) is 6.47. The minimum absolute atomic E-state index is 0.00490. The number of ether oxygens (including phenoxy) is 1. The standard InChI is InChI=1S/C19H25NO2S.2C2H6/c1-4-5-14-11-16(17(21)18(14)22-3)20-9-8-13-10-12(2)6-7-15(13)19(20)23;2*1-2/h6-10,14,16-18,21H,4-5,11H2,1-3H3;2*1-2H3. The second kappa shape index (κ2) is 11.6. The van der Waals surface area contributed by atoms with Gasteiger partial charge in [-0.1, -0.05) is 77.0 Å². The van der Waals surface area contributed by atoms with Gasteiger partial charge < -0.3 is 14.4 Å². The lowest BCUT2D eigenvalue weighted by atomic mass is 9.99. The average molecular weight is 392 g/mol. The molecule has 3 nitrogen and oxygen atoms in total. The van der Waals surface area contributed by atoms with Crippen molar-refractivity contribution < 1.29 is 9.84 Å².